The van der Waals surface area contributed by atoms with Gasteiger partial charge in [0.1, 0.15) is 5.75 Å². The van der Waals surface area contributed by atoms with Gasteiger partial charge in [0, 0.05) is 11.3 Å². The number of nitrogens with two attached hydrogens (primary N) is 1. The minimum absolute atomic E-state index is 0.293. The number of nitrogens with zero attached hydrogens (tertiary/aromatic N) is 3. The first-order valence-corrected chi connectivity index (χ1v) is 9.87. The Morgan fingerprint density at radius 3 is 2.52 bits per heavy atom. The zero-order valence-electron chi connectivity index (χ0n) is 17.4. The molecule has 4 aromatic rings. The molecular formula is C24H24N5O2+. The zero-order valence-corrected chi connectivity index (χ0v) is 17.4. The van der Waals surface area contributed by atoms with Crippen molar-refractivity contribution < 1.29 is 14.1 Å². The van der Waals surface area contributed by atoms with Gasteiger partial charge in [-0.3, -0.25) is 4.79 Å². The van der Waals surface area contributed by atoms with E-state index in [0.717, 1.165) is 28.2 Å². The van der Waals surface area contributed by atoms with Crippen molar-refractivity contribution in [3.8, 4) is 5.75 Å². The van der Waals surface area contributed by atoms with E-state index in [1.54, 1.807) is 30.5 Å². The van der Waals surface area contributed by atoms with Crippen LogP contribution in [0.25, 0.3) is 11.0 Å². The lowest BCUT2D eigenvalue weighted by Gasteiger charge is -2.05. The summed E-state index contributed by atoms with van der Waals surface area (Å²) < 4.78 is 10.3. The molecule has 3 aromatic carbocycles. The molecule has 1 amide bonds. The first kappa shape index (κ1) is 20.2. The van der Waals surface area contributed by atoms with Crippen LogP contribution in [0.1, 0.15) is 21.7 Å². The Hall–Kier alpha value is -4.13. The topological polar surface area (TPSA) is 85.5 Å². The average Bonchev–Trinajstić information content (AvgIpc) is 3.03. The molecule has 7 nitrogen and oxygen atoms in total. The lowest BCUT2D eigenvalue weighted by Crippen LogP contribution is -2.33. The van der Waals surface area contributed by atoms with Gasteiger partial charge in [0.25, 0.3) is 11.7 Å². The fourth-order valence-corrected chi connectivity index (χ4v) is 3.39. The van der Waals surface area contributed by atoms with Crippen LogP contribution >= 0.6 is 0 Å². The molecule has 31 heavy (non-hydrogen) atoms. The Morgan fingerprint density at radius 2 is 1.81 bits per heavy atom. The van der Waals surface area contributed by atoms with Crippen molar-refractivity contribution in [2.75, 3.05) is 5.73 Å². The molecule has 0 unspecified atom stereocenters. The van der Waals surface area contributed by atoms with Gasteiger partial charge in [-0.1, -0.05) is 12.1 Å². The molecule has 0 radical (unpaired) electrons. The van der Waals surface area contributed by atoms with Gasteiger partial charge < -0.3 is 10.5 Å². The highest BCUT2D eigenvalue weighted by molar-refractivity contribution is 5.95. The largest absolute Gasteiger partial charge is 0.481 e. The van der Waals surface area contributed by atoms with Gasteiger partial charge in [-0.05, 0) is 66.2 Å². The van der Waals surface area contributed by atoms with Crippen LogP contribution in [-0.4, -0.2) is 16.7 Å². The fraction of sp³-hybridized carbons (Fsp3) is 0.125. The predicted octanol–water partition coefficient (Wildman–Crippen LogP) is 2.93. The number of nitrogens with one attached hydrogen (secondary N) is 1. The maximum absolute atomic E-state index is 12.1. The van der Waals surface area contributed by atoms with Gasteiger partial charge in [-0.25, -0.2) is 14.6 Å². The standard InChI is InChI=1S/C24H23N5O2/c1-28-21-5-3-4-6-22(21)29(2)23(28)16-31-20-13-7-17(8-14-20)15-26-27-24(30)18-9-11-19(25)12-10-18/h3-15H,16H2,1-2H3,(H2-,25,27,30)/p+1/b26-15+. The minimum Gasteiger partial charge on any atom is -0.481 e. The molecular weight excluding hydrogens is 390 g/mol. The molecule has 3 N–H and O–H groups in total. The van der Waals surface area contributed by atoms with Crippen molar-refractivity contribution in [2.24, 2.45) is 19.2 Å². The third-order valence-electron chi connectivity index (χ3n) is 5.18. The molecule has 0 spiro atoms. The Morgan fingerprint density at radius 1 is 1.10 bits per heavy atom. The maximum Gasteiger partial charge on any atom is 0.295 e. The molecule has 0 saturated heterocycles. The van der Waals surface area contributed by atoms with E-state index in [9.17, 15) is 4.79 Å². The van der Waals surface area contributed by atoms with Crippen molar-refractivity contribution in [3.05, 3.63) is 89.7 Å². The van der Waals surface area contributed by atoms with Gasteiger partial charge in [-0.15, -0.1) is 0 Å². The second kappa shape index (κ2) is 8.71. The third-order valence-corrected chi connectivity index (χ3v) is 5.18. The van der Waals surface area contributed by atoms with Crippen molar-refractivity contribution in [1.82, 2.24) is 9.99 Å². The van der Waals surface area contributed by atoms with Crippen LogP contribution in [0.3, 0.4) is 0 Å². The summed E-state index contributed by atoms with van der Waals surface area (Å²) in [5, 5.41) is 4.01. The molecule has 0 bridgehead atoms. The van der Waals surface area contributed by atoms with Gasteiger partial charge >= 0.3 is 0 Å². The van der Waals surface area contributed by atoms with Crippen LogP contribution in [0.5, 0.6) is 5.75 Å². The summed E-state index contributed by atoms with van der Waals surface area (Å²) in [6.45, 7) is 0.451. The molecule has 7 heteroatoms. The number of aromatic nitrogens is 2. The zero-order chi connectivity index (χ0) is 21.8. The molecule has 0 aliphatic carbocycles. The van der Waals surface area contributed by atoms with Gasteiger partial charge in [0.2, 0.25) is 0 Å². The smallest absolute Gasteiger partial charge is 0.295 e. The van der Waals surface area contributed by atoms with Crippen molar-refractivity contribution in [2.45, 2.75) is 6.61 Å². The molecule has 4 rings (SSSR count). The summed E-state index contributed by atoms with van der Waals surface area (Å²) in [6.07, 6.45) is 1.59. The Balaban J connectivity index is 1.36. The van der Waals surface area contributed by atoms with Crippen LogP contribution in [-0.2, 0) is 20.7 Å². The molecule has 0 atom stereocenters. The third kappa shape index (κ3) is 4.40. The molecule has 1 heterocycles. The lowest BCUT2D eigenvalue weighted by molar-refractivity contribution is -0.655. The van der Waals surface area contributed by atoms with Gasteiger partial charge in [-0.2, -0.15) is 5.10 Å². The normalized spacial score (nSPS) is 11.2. The van der Waals surface area contributed by atoms with Gasteiger partial charge in [0.15, 0.2) is 17.6 Å². The summed E-state index contributed by atoms with van der Waals surface area (Å²) in [4.78, 5) is 12.1. The molecule has 0 aliphatic heterocycles. The first-order chi connectivity index (χ1) is 15.0. The highest BCUT2D eigenvalue weighted by Gasteiger charge is 2.19. The summed E-state index contributed by atoms with van der Waals surface area (Å²) in [5.74, 6) is 1.53. The highest BCUT2D eigenvalue weighted by Crippen LogP contribution is 2.16. The fourth-order valence-electron chi connectivity index (χ4n) is 3.39. The molecule has 0 aliphatic rings. The summed E-state index contributed by atoms with van der Waals surface area (Å²) in [6, 6.07) is 22.5. The number of anilines is 1. The minimum atomic E-state index is -0.293. The number of aryl methyl sites for hydroxylation is 2. The number of carbonyl (C=O) groups is 1. The number of benzene rings is 3. The Kier molecular flexibility index (Phi) is 5.66. The van der Waals surface area contributed by atoms with E-state index in [0.29, 0.717) is 17.9 Å². The number of carbonyl (C=O) groups excluding carboxylic acids is 1. The Labute approximate surface area is 180 Å². The van der Waals surface area contributed by atoms with E-state index in [1.807, 2.05) is 50.5 Å². The van der Waals surface area contributed by atoms with Crippen LogP contribution in [0.2, 0.25) is 0 Å². The molecule has 0 saturated carbocycles. The SMILES string of the molecule is Cn1c(COc2ccc(/C=N/NC(=O)c3ccc(N)cc3)cc2)[n+](C)c2ccccc21. The molecule has 0 fully saturated rings. The second-order valence-electron chi connectivity index (χ2n) is 7.20. The van der Waals surface area contributed by atoms with Crippen LogP contribution in [0, 0.1) is 0 Å². The number of nitrogen functional groups attached to an aromatic ring is 1. The lowest BCUT2D eigenvalue weighted by atomic mass is 10.2. The number of ether oxygens (including phenoxy) is 1. The predicted molar refractivity (Wildman–Crippen MR) is 121 cm³/mol. The molecule has 156 valence electrons. The van der Waals surface area contributed by atoms with Crippen molar-refractivity contribution in [3.63, 3.8) is 0 Å². The number of amides is 1. The van der Waals surface area contributed by atoms with Crippen molar-refractivity contribution in [1.29, 1.82) is 0 Å². The average molecular weight is 414 g/mol. The van der Waals surface area contributed by atoms with Crippen LogP contribution in [0.15, 0.2) is 77.9 Å². The summed E-state index contributed by atoms with van der Waals surface area (Å²) >= 11 is 0. The van der Waals surface area contributed by atoms with E-state index >= 15 is 0 Å². The summed E-state index contributed by atoms with van der Waals surface area (Å²) in [7, 11) is 4.08. The van der Waals surface area contributed by atoms with Gasteiger partial charge in [0.05, 0.1) is 20.3 Å². The number of hydrogen-bond donors (Lipinski definition) is 2. The maximum atomic E-state index is 12.1. The number of fused-ring (bicyclic) bond motifs is 1. The van der Waals surface area contributed by atoms with E-state index in [4.69, 9.17) is 10.5 Å². The van der Waals surface area contributed by atoms with E-state index in [1.165, 1.54) is 0 Å². The van der Waals surface area contributed by atoms with E-state index in [-0.39, 0.29) is 5.91 Å². The first-order valence-electron chi connectivity index (χ1n) is 9.87. The van der Waals surface area contributed by atoms with Crippen LogP contribution < -0.4 is 20.5 Å². The van der Waals surface area contributed by atoms with Crippen LogP contribution in [0.4, 0.5) is 5.69 Å². The quantitative estimate of drug-likeness (QED) is 0.220. The second-order valence-corrected chi connectivity index (χ2v) is 7.20. The number of para-hydroxylation sites is 2. The molecule has 1 aromatic heterocycles. The summed E-state index contributed by atoms with van der Waals surface area (Å²) in [5.41, 5.74) is 12.4. The Bertz CT molecular complexity index is 1200. The highest BCUT2D eigenvalue weighted by atomic mass is 16.5. The number of imidazole rings is 1. The number of rotatable bonds is 6. The van der Waals surface area contributed by atoms with E-state index < -0.39 is 0 Å². The van der Waals surface area contributed by atoms with Crippen molar-refractivity contribution >= 4 is 28.8 Å². The number of hydrazone groups is 1. The van der Waals surface area contributed by atoms with E-state index in [2.05, 4.69) is 31.8 Å². The monoisotopic (exact) mass is 414 g/mol. The number of hydrogen-bond acceptors (Lipinski definition) is 4.